The minimum absolute atomic E-state index is 0.204. The van der Waals surface area contributed by atoms with Crippen LogP contribution in [0.2, 0.25) is 0 Å². The maximum Gasteiger partial charge on any atom is 0.253 e. The van der Waals surface area contributed by atoms with Gasteiger partial charge in [-0.3, -0.25) is 4.79 Å². The molecular formula is C18H25NOS. The predicted molar refractivity (Wildman–Crippen MR) is 88.9 cm³/mol. The number of thioether (sulfide) groups is 1. The van der Waals surface area contributed by atoms with Crippen LogP contribution in [0.5, 0.6) is 0 Å². The number of carbonyl (C=O) groups excluding carboxylic acids is 1. The van der Waals surface area contributed by atoms with E-state index in [-0.39, 0.29) is 5.91 Å². The van der Waals surface area contributed by atoms with Gasteiger partial charge in [-0.25, -0.2) is 0 Å². The Morgan fingerprint density at radius 3 is 2.29 bits per heavy atom. The number of hydrogen-bond donors (Lipinski definition) is 0. The summed E-state index contributed by atoms with van der Waals surface area (Å²) in [5, 5.41) is 0.765. The number of benzene rings is 1. The molecule has 1 aliphatic heterocycles. The Kier molecular flexibility index (Phi) is 4.89. The van der Waals surface area contributed by atoms with Crippen LogP contribution in [0, 0.1) is 5.92 Å². The molecule has 0 N–H and O–H groups in total. The zero-order valence-corrected chi connectivity index (χ0v) is 13.7. The van der Waals surface area contributed by atoms with Crippen LogP contribution >= 0.6 is 11.8 Å². The molecule has 0 aromatic heterocycles. The summed E-state index contributed by atoms with van der Waals surface area (Å²) in [4.78, 5) is 15.6. The van der Waals surface area contributed by atoms with Gasteiger partial charge in [-0.05, 0) is 68.7 Å². The van der Waals surface area contributed by atoms with Crippen LogP contribution in [0.25, 0.3) is 0 Å². The van der Waals surface area contributed by atoms with Gasteiger partial charge >= 0.3 is 0 Å². The molecule has 0 atom stereocenters. The van der Waals surface area contributed by atoms with E-state index in [4.69, 9.17) is 0 Å². The molecule has 0 unspecified atom stereocenters. The van der Waals surface area contributed by atoms with E-state index in [0.29, 0.717) is 0 Å². The van der Waals surface area contributed by atoms with Crippen molar-refractivity contribution in [1.29, 1.82) is 0 Å². The van der Waals surface area contributed by atoms with E-state index in [1.54, 1.807) is 0 Å². The fourth-order valence-corrected chi connectivity index (χ4v) is 4.50. The van der Waals surface area contributed by atoms with Gasteiger partial charge in [0.25, 0.3) is 5.91 Å². The first-order chi connectivity index (χ1) is 10.2. The average Bonchev–Trinajstić information content (AvgIpc) is 3.04. The summed E-state index contributed by atoms with van der Waals surface area (Å²) in [6.45, 7) is 4.21. The molecule has 1 heterocycles. The van der Waals surface area contributed by atoms with Crippen molar-refractivity contribution in [3.63, 3.8) is 0 Å². The van der Waals surface area contributed by atoms with Gasteiger partial charge in [0.2, 0.25) is 0 Å². The van der Waals surface area contributed by atoms with Gasteiger partial charge in [-0.2, -0.15) is 0 Å². The van der Waals surface area contributed by atoms with Gasteiger partial charge in [-0.15, -0.1) is 11.8 Å². The van der Waals surface area contributed by atoms with E-state index in [0.717, 1.165) is 42.7 Å². The topological polar surface area (TPSA) is 20.3 Å². The Morgan fingerprint density at radius 2 is 1.67 bits per heavy atom. The van der Waals surface area contributed by atoms with E-state index < -0.39 is 0 Å². The third kappa shape index (κ3) is 3.82. The summed E-state index contributed by atoms with van der Waals surface area (Å²) in [6.07, 6.45) is 7.70. The molecule has 0 radical (unpaired) electrons. The van der Waals surface area contributed by atoms with Gasteiger partial charge < -0.3 is 4.90 Å². The van der Waals surface area contributed by atoms with Crippen molar-refractivity contribution in [2.75, 3.05) is 13.1 Å². The second-order valence-corrected chi connectivity index (χ2v) is 7.90. The molecule has 2 nitrogen and oxygen atoms in total. The molecule has 21 heavy (non-hydrogen) atoms. The van der Waals surface area contributed by atoms with Crippen LogP contribution in [0.4, 0.5) is 0 Å². The molecule has 1 amide bonds. The summed E-state index contributed by atoms with van der Waals surface area (Å²) in [7, 11) is 0. The first-order valence-electron chi connectivity index (χ1n) is 8.28. The highest BCUT2D eigenvalue weighted by Crippen LogP contribution is 2.35. The molecule has 1 aromatic carbocycles. The maximum absolute atomic E-state index is 12.3. The van der Waals surface area contributed by atoms with Crippen molar-refractivity contribution in [2.45, 2.75) is 55.6 Å². The van der Waals surface area contributed by atoms with E-state index >= 15 is 0 Å². The van der Waals surface area contributed by atoms with Crippen molar-refractivity contribution in [1.82, 2.24) is 4.90 Å². The third-order valence-electron chi connectivity index (χ3n) is 4.76. The summed E-state index contributed by atoms with van der Waals surface area (Å²) in [5.41, 5.74) is 0.846. The number of rotatable bonds is 3. The van der Waals surface area contributed by atoms with Crippen molar-refractivity contribution in [3.05, 3.63) is 29.8 Å². The van der Waals surface area contributed by atoms with Crippen molar-refractivity contribution >= 4 is 17.7 Å². The van der Waals surface area contributed by atoms with Gasteiger partial charge in [-0.1, -0.05) is 6.92 Å². The standard InChI is InChI=1S/C18H25NOS/c1-14-4-8-16(9-5-14)21-17-10-6-15(7-11-17)18(20)19-12-2-3-13-19/h6-7,10-11,14,16H,2-5,8-9,12-13H2,1H3. The van der Waals surface area contributed by atoms with Crippen LogP contribution in [-0.2, 0) is 0 Å². The molecule has 3 rings (SSSR count). The van der Waals surface area contributed by atoms with Gasteiger partial charge in [0.15, 0.2) is 0 Å². The highest BCUT2D eigenvalue weighted by molar-refractivity contribution is 8.00. The fraction of sp³-hybridized carbons (Fsp3) is 0.611. The molecule has 1 aromatic rings. The van der Waals surface area contributed by atoms with Gasteiger partial charge in [0.05, 0.1) is 0 Å². The zero-order chi connectivity index (χ0) is 14.7. The normalized spacial score (nSPS) is 26.0. The molecule has 1 saturated carbocycles. The van der Waals surface area contributed by atoms with E-state index in [1.807, 2.05) is 28.8 Å². The lowest BCUT2D eigenvalue weighted by Gasteiger charge is -2.25. The van der Waals surface area contributed by atoms with Crippen LogP contribution < -0.4 is 0 Å². The first-order valence-corrected chi connectivity index (χ1v) is 9.16. The molecule has 114 valence electrons. The first kappa shape index (κ1) is 15.0. The second-order valence-electron chi connectivity index (χ2n) is 6.52. The van der Waals surface area contributed by atoms with E-state index in [9.17, 15) is 4.79 Å². The van der Waals surface area contributed by atoms with Crippen molar-refractivity contribution in [3.8, 4) is 0 Å². The van der Waals surface area contributed by atoms with Crippen molar-refractivity contribution < 1.29 is 4.79 Å². The summed E-state index contributed by atoms with van der Waals surface area (Å²) in [5.74, 6) is 1.11. The summed E-state index contributed by atoms with van der Waals surface area (Å²) < 4.78 is 0. The molecule has 3 heteroatoms. The smallest absolute Gasteiger partial charge is 0.253 e. The molecule has 1 aliphatic carbocycles. The summed E-state index contributed by atoms with van der Waals surface area (Å²) >= 11 is 1.99. The Morgan fingerprint density at radius 1 is 1.05 bits per heavy atom. The highest BCUT2D eigenvalue weighted by Gasteiger charge is 2.21. The number of hydrogen-bond acceptors (Lipinski definition) is 2. The van der Waals surface area contributed by atoms with Crippen LogP contribution in [0.15, 0.2) is 29.2 Å². The SMILES string of the molecule is CC1CCC(Sc2ccc(C(=O)N3CCCC3)cc2)CC1. The number of nitrogens with zero attached hydrogens (tertiary/aromatic N) is 1. The molecule has 2 aliphatic rings. The predicted octanol–water partition coefficient (Wildman–Crippen LogP) is 4.59. The van der Waals surface area contributed by atoms with Crippen LogP contribution in [-0.4, -0.2) is 29.1 Å². The third-order valence-corrected chi connectivity index (χ3v) is 6.11. The van der Waals surface area contributed by atoms with E-state index in [1.165, 1.54) is 30.6 Å². The monoisotopic (exact) mass is 303 g/mol. The molecule has 0 bridgehead atoms. The lowest BCUT2D eigenvalue weighted by atomic mass is 9.91. The van der Waals surface area contributed by atoms with Gasteiger partial charge in [0.1, 0.15) is 0 Å². The number of likely N-dealkylation sites (tertiary alicyclic amines) is 1. The molecule has 0 spiro atoms. The van der Waals surface area contributed by atoms with E-state index in [2.05, 4.69) is 19.1 Å². The highest BCUT2D eigenvalue weighted by atomic mass is 32.2. The largest absolute Gasteiger partial charge is 0.339 e. The Bertz CT molecular complexity index is 470. The Balaban J connectivity index is 1.57. The number of amides is 1. The summed E-state index contributed by atoms with van der Waals surface area (Å²) in [6, 6.07) is 8.28. The lowest BCUT2D eigenvalue weighted by Crippen LogP contribution is -2.27. The van der Waals surface area contributed by atoms with Crippen LogP contribution in [0.3, 0.4) is 0 Å². The Hall–Kier alpha value is -0.960. The second kappa shape index (κ2) is 6.87. The minimum atomic E-state index is 0.204. The Labute approximate surface area is 132 Å². The molecule has 1 saturated heterocycles. The molecule has 2 fully saturated rings. The van der Waals surface area contributed by atoms with Crippen LogP contribution in [0.1, 0.15) is 55.8 Å². The quantitative estimate of drug-likeness (QED) is 0.813. The molecular weight excluding hydrogens is 278 g/mol. The lowest BCUT2D eigenvalue weighted by molar-refractivity contribution is 0.0793. The number of carbonyl (C=O) groups is 1. The fourth-order valence-electron chi connectivity index (χ4n) is 3.32. The maximum atomic E-state index is 12.3. The zero-order valence-electron chi connectivity index (χ0n) is 12.9. The van der Waals surface area contributed by atoms with Crippen molar-refractivity contribution in [2.24, 2.45) is 5.92 Å². The van der Waals surface area contributed by atoms with Gasteiger partial charge in [0, 0.05) is 28.8 Å². The average molecular weight is 303 g/mol. The minimum Gasteiger partial charge on any atom is -0.339 e.